The van der Waals surface area contributed by atoms with Gasteiger partial charge >= 0.3 is 6.01 Å². The number of nitrogens with zero attached hydrogens (tertiary/aromatic N) is 3. The van der Waals surface area contributed by atoms with Gasteiger partial charge in [0.1, 0.15) is 5.75 Å². The molecule has 10 nitrogen and oxygen atoms in total. The zero-order valence-corrected chi connectivity index (χ0v) is 19.2. The highest BCUT2D eigenvalue weighted by atomic mass is 32.2. The van der Waals surface area contributed by atoms with Crippen LogP contribution < -0.4 is 14.8 Å². The summed E-state index contributed by atoms with van der Waals surface area (Å²) in [6.07, 6.45) is 1.85. The van der Waals surface area contributed by atoms with Gasteiger partial charge in [0.15, 0.2) is 5.82 Å². The van der Waals surface area contributed by atoms with E-state index in [2.05, 4.69) is 25.2 Å². The molecule has 0 aliphatic heterocycles. The summed E-state index contributed by atoms with van der Waals surface area (Å²) in [6, 6.07) is 13.1. The van der Waals surface area contributed by atoms with Crippen LogP contribution in [-0.2, 0) is 21.4 Å². The Kier molecular flexibility index (Phi) is 6.16. The molecule has 4 rings (SSSR count). The number of carbonyl (C=O) groups is 1. The molecule has 0 spiro atoms. The number of ether oxygens (including phenoxy) is 1. The van der Waals surface area contributed by atoms with Crippen LogP contribution in [0.15, 0.2) is 59.6 Å². The highest BCUT2D eigenvalue weighted by Gasteiger charge is 2.24. The number of hydrogen-bond acceptors (Lipinski definition) is 6. The molecule has 2 aromatic carbocycles. The van der Waals surface area contributed by atoms with Crippen molar-refractivity contribution in [1.82, 2.24) is 24.5 Å². The lowest BCUT2D eigenvalue weighted by Crippen LogP contribution is -2.29. The van der Waals surface area contributed by atoms with Gasteiger partial charge in [-0.05, 0) is 61.7 Å². The molecule has 0 aliphatic carbocycles. The summed E-state index contributed by atoms with van der Waals surface area (Å²) in [5, 5.41) is 12.0. The number of hydrogen-bond donors (Lipinski definition) is 3. The van der Waals surface area contributed by atoms with Crippen molar-refractivity contribution in [2.75, 3.05) is 5.32 Å². The Bertz CT molecular complexity index is 1390. The van der Waals surface area contributed by atoms with E-state index in [4.69, 9.17) is 4.74 Å². The smallest absolute Gasteiger partial charge is 0.322 e. The maximum atomic E-state index is 12.9. The van der Waals surface area contributed by atoms with Gasteiger partial charge in [0, 0.05) is 36.9 Å². The van der Waals surface area contributed by atoms with Gasteiger partial charge in [0.25, 0.3) is 0 Å². The molecular formula is C22H24N6O4S. The molecule has 2 heterocycles. The minimum absolute atomic E-state index is 0.0711. The number of anilines is 1. The van der Waals surface area contributed by atoms with E-state index in [0.717, 1.165) is 10.9 Å². The summed E-state index contributed by atoms with van der Waals surface area (Å²) in [7, 11) is -3.83. The van der Waals surface area contributed by atoms with Gasteiger partial charge in [-0.15, -0.1) is 5.10 Å². The first-order chi connectivity index (χ1) is 15.8. The average Bonchev–Trinajstić information content (AvgIpc) is 3.39. The zero-order chi connectivity index (χ0) is 23.6. The van der Waals surface area contributed by atoms with Crippen LogP contribution in [-0.4, -0.2) is 34.1 Å². The zero-order valence-electron chi connectivity index (χ0n) is 18.4. The summed E-state index contributed by atoms with van der Waals surface area (Å²) in [4.78, 5) is 14.4. The molecule has 0 aliphatic rings. The van der Waals surface area contributed by atoms with Crippen LogP contribution in [0.1, 0.15) is 32.6 Å². The van der Waals surface area contributed by atoms with Gasteiger partial charge in [-0.1, -0.05) is 5.10 Å². The number of benzene rings is 2. The third-order valence-electron chi connectivity index (χ3n) is 5.00. The molecule has 0 bridgehead atoms. The van der Waals surface area contributed by atoms with Crippen LogP contribution in [0.3, 0.4) is 0 Å². The van der Waals surface area contributed by atoms with Gasteiger partial charge in [-0.2, -0.15) is 0 Å². The average molecular weight is 469 g/mol. The lowest BCUT2D eigenvalue weighted by Gasteiger charge is -2.15. The summed E-state index contributed by atoms with van der Waals surface area (Å²) < 4.78 is 36.0. The standard InChI is InChI=1S/C22H24N6O4S/c1-4-28-21(25-26-22(28)32-18-8-5-16-11-12-23-20(16)13-18)14(2)27-33(30,31)19-9-6-17(7-10-19)24-15(3)29/h5-14,23,27H,4H2,1-3H3,(H,24,29)/t14-/m1/s1. The van der Waals surface area contributed by atoms with E-state index in [9.17, 15) is 13.2 Å². The molecule has 33 heavy (non-hydrogen) atoms. The molecule has 1 atom stereocenters. The van der Waals surface area contributed by atoms with Crippen LogP contribution in [0.4, 0.5) is 5.69 Å². The largest absolute Gasteiger partial charge is 0.424 e. The molecule has 0 unspecified atom stereocenters. The minimum Gasteiger partial charge on any atom is -0.424 e. The number of carbonyl (C=O) groups excluding carboxylic acids is 1. The Morgan fingerprint density at radius 1 is 1.15 bits per heavy atom. The normalized spacial score (nSPS) is 12.6. The Balaban J connectivity index is 1.52. The van der Waals surface area contributed by atoms with E-state index in [1.165, 1.54) is 31.2 Å². The van der Waals surface area contributed by atoms with E-state index in [0.29, 0.717) is 23.8 Å². The molecule has 172 valence electrons. The van der Waals surface area contributed by atoms with E-state index < -0.39 is 16.1 Å². The second kappa shape index (κ2) is 9.04. The Labute approximate surface area is 191 Å². The van der Waals surface area contributed by atoms with Crippen molar-refractivity contribution in [3.63, 3.8) is 0 Å². The highest BCUT2D eigenvalue weighted by molar-refractivity contribution is 7.89. The van der Waals surface area contributed by atoms with E-state index >= 15 is 0 Å². The number of amides is 1. The topological polar surface area (TPSA) is 131 Å². The summed E-state index contributed by atoms with van der Waals surface area (Å²) in [5.41, 5.74) is 1.44. The third kappa shape index (κ3) is 4.89. The first-order valence-electron chi connectivity index (χ1n) is 10.3. The summed E-state index contributed by atoms with van der Waals surface area (Å²) in [6.45, 7) is 5.46. The van der Waals surface area contributed by atoms with Crippen molar-refractivity contribution < 1.29 is 17.9 Å². The molecule has 4 aromatic rings. The predicted molar refractivity (Wildman–Crippen MR) is 124 cm³/mol. The molecular weight excluding hydrogens is 444 g/mol. The van der Waals surface area contributed by atoms with Crippen molar-refractivity contribution in [2.45, 2.75) is 38.3 Å². The van der Waals surface area contributed by atoms with Gasteiger partial charge in [-0.3, -0.25) is 9.36 Å². The van der Waals surface area contributed by atoms with Crippen molar-refractivity contribution in [3.8, 4) is 11.8 Å². The molecule has 0 fully saturated rings. The molecule has 0 saturated carbocycles. The molecule has 1 amide bonds. The minimum atomic E-state index is -3.83. The maximum Gasteiger partial charge on any atom is 0.322 e. The fourth-order valence-corrected chi connectivity index (χ4v) is 4.66. The number of sulfonamides is 1. The number of fused-ring (bicyclic) bond motifs is 1. The lowest BCUT2D eigenvalue weighted by molar-refractivity contribution is -0.114. The Morgan fingerprint density at radius 2 is 1.91 bits per heavy atom. The molecule has 0 radical (unpaired) electrons. The summed E-state index contributed by atoms with van der Waals surface area (Å²) >= 11 is 0. The van der Waals surface area contributed by atoms with Crippen LogP contribution in [0.5, 0.6) is 11.8 Å². The molecule has 11 heteroatoms. The van der Waals surface area contributed by atoms with Crippen LogP contribution >= 0.6 is 0 Å². The third-order valence-corrected chi connectivity index (χ3v) is 6.56. The van der Waals surface area contributed by atoms with Crippen molar-refractivity contribution in [2.24, 2.45) is 0 Å². The lowest BCUT2D eigenvalue weighted by atomic mass is 10.2. The highest BCUT2D eigenvalue weighted by Crippen LogP contribution is 2.26. The fraction of sp³-hybridized carbons (Fsp3) is 0.227. The monoisotopic (exact) mass is 468 g/mol. The second-order valence-electron chi connectivity index (χ2n) is 7.46. The SMILES string of the molecule is CCn1c(Oc2ccc3cc[nH]c3c2)nnc1[C@@H](C)NS(=O)(=O)c1ccc(NC(C)=O)cc1. The van der Waals surface area contributed by atoms with E-state index in [1.807, 2.05) is 37.4 Å². The van der Waals surface area contributed by atoms with Crippen LogP contribution in [0.2, 0.25) is 0 Å². The number of nitrogens with one attached hydrogen (secondary N) is 3. The van der Waals surface area contributed by atoms with Gasteiger partial charge in [-0.25, -0.2) is 13.1 Å². The van der Waals surface area contributed by atoms with E-state index in [-0.39, 0.29) is 16.8 Å². The fourth-order valence-electron chi connectivity index (χ4n) is 3.46. The predicted octanol–water partition coefficient (Wildman–Crippen LogP) is 3.57. The van der Waals surface area contributed by atoms with Crippen molar-refractivity contribution >= 4 is 32.5 Å². The number of aromatic nitrogens is 4. The first-order valence-corrected chi connectivity index (χ1v) is 11.8. The number of rotatable bonds is 8. The second-order valence-corrected chi connectivity index (χ2v) is 9.18. The molecule has 2 aromatic heterocycles. The van der Waals surface area contributed by atoms with E-state index in [1.54, 1.807) is 11.5 Å². The van der Waals surface area contributed by atoms with Crippen molar-refractivity contribution in [3.05, 3.63) is 60.6 Å². The van der Waals surface area contributed by atoms with Gasteiger partial charge < -0.3 is 15.0 Å². The van der Waals surface area contributed by atoms with Gasteiger partial charge in [0.2, 0.25) is 15.9 Å². The number of aromatic amines is 1. The Morgan fingerprint density at radius 3 is 2.61 bits per heavy atom. The van der Waals surface area contributed by atoms with Crippen molar-refractivity contribution in [1.29, 1.82) is 0 Å². The first kappa shape index (κ1) is 22.5. The summed E-state index contributed by atoms with van der Waals surface area (Å²) in [5.74, 6) is 0.778. The van der Waals surface area contributed by atoms with Gasteiger partial charge in [0.05, 0.1) is 10.9 Å². The molecule has 0 saturated heterocycles. The maximum absolute atomic E-state index is 12.9. The number of H-pyrrole nitrogens is 1. The van der Waals surface area contributed by atoms with Crippen LogP contribution in [0, 0.1) is 0 Å². The Hall–Kier alpha value is -3.70. The van der Waals surface area contributed by atoms with Crippen LogP contribution in [0.25, 0.3) is 10.9 Å². The molecule has 3 N–H and O–H groups in total. The quantitative estimate of drug-likeness (QED) is 0.362.